The first-order valence-corrected chi connectivity index (χ1v) is 7.50. The van der Waals surface area contributed by atoms with E-state index < -0.39 is 0 Å². The minimum Gasteiger partial charge on any atom is -0.378 e. The molecule has 1 aliphatic rings. The zero-order chi connectivity index (χ0) is 13.7. The molecule has 1 fully saturated rings. The van der Waals surface area contributed by atoms with Gasteiger partial charge in [0.1, 0.15) is 5.82 Å². The Labute approximate surface area is 121 Å². The Bertz CT molecular complexity index is 410. The average Bonchev–Trinajstić information content (AvgIpc) is 2.44. The lowest BCUT2D eigenvalue weighted by atomic mass is 9.97. The van der Waals surface area contributed by atoms with Crippen LogP contribution in [0.4, 0.5) is 4.39 Å². The zero-order valence-corrected chi connectivity index (χ0v) is 12.5. The predicted octanol–water partition coefficient (Wildman–Crippen LogP) is 2.92. The van der Waals surface area contributed by atoms with E-state index in [1.807, 2.05) is 6.07 Å². The lowest BCUT2D eigenvalue weighted by Crippen LogP contribution is -2.40. The molecule has 3 N–H and O–H groups in total. The Balaban J connectivity index is 1.96. The van der Waals surface area contributed by atoms with Crippen LogP contribution in [0.5, 0.6) is 0 Å². The van der Waals surface area contributed by atoms with Crippen LogP contribution in [0.15, 0.2) is 22.7 Å². The van der Waals surface area contributed by atoms with Crippen LogP contribution in [0.25, 0.3) is 0 Å². The highest BCUT2D eigenvalue weighted by Gasteiger charge is 2.20. The van der Waals surface area contributed by atoms with Gasteiger partial charge >= 0.3 is 0 Å². The quantitative estimate of drug-likeness (QED) is 0.644. The summed E-state index contributed by atoms with van der Waals surface area (Å²) in [5, 5.41) is 0. The van der Waals surface area contributed by atoms with Gasteiger partial charge in [0.25, 0.3) is 0 Å². The number of nitrogens with one attached hydrogen (secondary N) is 1. The lowest BCUT2D eigenvalue weighted by Gasteiger charge is -2.27. The molecular formula is C14H20BrFN2O. The highest BCUT2D eigenvalue weighted by atomic mass is 79.9. The normalized spacial score (nSPS) is 21.3. The van der Waals surface area contributed by atoms with Crippen molar-refractivity contribution in [3.63, 3.8) is 0 Å². The van der Waals surface area contributed by atoms with Crippen LogP contribution < -0.4 is 11.3 Å². The van der Waals surface area contributed by atoms with Crippen molar-refractivity contribution in [1.29, 1.82) is 0 Å². The molecular weight excluding hydrogens is 311 g/mol. The summed E-state index contributed by atoms with van der Waals surface area (Å²) in [6.45, 7) is 0.839. The second-order valence-electron chi connectivity index (χ2n) is 5.00. The van der Waals surface area contributed by atoms with E-state index in [0.29, 0.717) is 10.9 Å². The molecule has 3 nitrogen and oxygen atoms in total. The SMILES string of the molecule is NNC(Cc1cccc(F)c1Br)CC1CCCCO1. The Morgan fingerprint density at radius 2 is 2.32 bits per heavy atom. The fraction of sp³-hybridized carbons (Fsp3) is 0.571. The third kappa shape index (κ3) is 4.24. The molecule has 106 valence electrons. The van der Waals surface area contributed by atoms with Crippen molar-refractivity contribution in [2.24, 2.45) is 5.84 Å². The van der Waals surface area contributed by atoms with Gasteiger partial charge in [-0.3, -0.25) is 11.3 Å². The summed E-state index contributed by atoms with van der Waals surface area (Å²) in [5.74, 6) is 5.38. The van der Waals surface area contributed by atoms with E-state index in [9.17, 15) is 4.39 Å². The number of nitrogens with two attached hydrogens (primary N) is 1. The summed E-state index contributed by atoms with van der Waals surface area (Å²) in [6.07, 6.45) is 5.26. The number of rotatable bonds is 5. The number of hydrazine groups is 1. The Kier molecular flexibility index (Phi) is 5.76. The van der Waals surface area contributed by atoms with Crippen LogP contribution in [0.1, 0.15) is 31.2 Å². The van der Waals surface area contributed by atoms with Crippen molar-refractivity contribution in [3.05, 3.63) is 34.1 Å². The van der Waals surface area contributed by atoms with Crippen LogP contribution in [0.2, 0.25) is 0 Å². The molecule has 2 unspecified atom stereocenters. The number of halogens is 2. The third-order valence-corrected chi connectivity index (χ3v) is 4.44. The molecule has 0 bridgehead atoms. The van der Waals surface area contributed by atoms with E-state index in [4.69, 9.17) is 10.6 Å². The van der Waals surface area contributed by atoms with E-state index in [0.717, 1.165) is 31.4 Å². The second-order valence-corrected chi connectivity index (χ2v) is 5.80. The second kappa shape index (κ2) is 7.33. The topological polar surface area (TPSA) is 47.3 Å². The van der Waals surface area contributed by atoms with Crippen molar-refractivity contribution in [2.45, 2.75) is 44.2 Å². The van der Waals surface area contributed by atoms with Gasteiger partial charge in [-0.2, -0.15) is 0 Å². The number of benzene rings is 1. The van der Waals surface area contributed by atoms with E-state index in [-0.39, 0.29) is 18.0 Å². The molecule has 1 aliphatic heterocycles. The highest BCUT2D eigenvalue weighted by molar-refractivity contribution is 9.10. The molecule has 2 atom stereocenters. The fourth-order valence-corrected chi connectivity index (χ4v) is 2.92. The standard InChI is InChI=1S/C14H20BrFN2O/c15-14-10(4-3-6-13(14)16)8-11(18-17)9-12-5-1-2-7-19-12/h3-4,6,11-12,18H,1-2,5,7-9,17H2. The summed E-state index contributed by atoms with van der Waals surface area (Å²) in [5.41, 5.74) is 3.75. The van der Waals surface area contributed by atoms with Crippen LogP contribution in [0, 0.1) is 5.82 Å². The number of ether oxygens (including phenoxy) is 1. The zero-order valence-electron chi connectivity index (χ0n) is 10.9. The minimum absolute atomic E-state index is 0.0983. The minimum atomic E-state index is -0.234. The molecule has 0 aromatic heterocycles. The van der Waals surface area contributed by atoms with Crippen LogP contribution >= 0.6 is 15.9 Å². The van der Waals surface area contributed by atoms with Gasteiger partial charge in [0.05, 0.1) is 10.6 Å². The van der Waals surface area contributed by atoms with E-state index in [1.165, 1.54) is 12.5 Å². The molecule has 1 aromatic rings. The van der Waals surface area contributed by atoms with Gasteiger partial charge < -0.3 is 4.74 Å². The summed E-state index contributed by atoms with van der Waals surface area (Å²) >= 11 is 3.29. The monoisotopic (exact) mass is 330 g/mol. The van der Waals surface area contributed by atoms with Crippen molar-refractivity contribution < 1.29 is 9.13 Å². The molecule has 1 aromatic carbocycles. The molecule has 2 rings (SSSR count). The molecule has 19 heavy (non-hydrogen) atoms. The molecule has 0 saturated carbocycles. The maximum absolute atomic E-state index is 13.5. The first-order valence-electron chi connectivity index (χ1n) is 6.71. The number of hydrogen-bond acceptors (Lipinski definition) is 3. The molecule has 0 amide bonds. The summed E-state index contributed by atoms with van der Waals surface area (Å²) in [4.78, 5) is 0. The van der Waals surface area contributed by atoms with Crippen LogP contribution in [-0.2, 0) is 11.2 Å². The van der Waals surface area contributed by atoms with Gasteiger partial charge in [-0.25, -0.2) is 4.39 Å². The maximum Gasteiger partial charge on any atom is 0.137 e. The van der Waals surface area contributed by atoms with Gasteiger partial charge in [0.2, 0.25) is 0 Å². The first-order chi connectivity index (χ1) is 9.20. The first kappa shape index (κ1) is 14.9. The van der Waals surface area contributed by atoms with Crippen LogP contribution in [0.3, 0.4) is 0 Å². The molecule has 1 heterocycles. The Morgan fingerprint density at radius 3 is 3.00 bits per heavy atom. The molecule has 1 saturated heterocycles. The van der Waals surface area contributed by atoms with Crippen molar-refractivity contribution in [1.82, 2.24) is 5.43 Å². The number of hydrogen-bond donors (Lipinski definition) is 2. The van der Waals surface area contributed by atoms with E-state index in [2.05, 4.69) is 21.4 Å². The summed E-state index contributed by atoms with van der Waals surface area (Å²) in [6, 6.07) is 5.18. The average molecular weight is 331 g/mol. The van der Waals surface area contributed by atoms with Gasteiger partial charge in [-0.1, -0.05) is 12.1 Å². The fourth-order valence-electron chi connectivity index (χ4n) is 2.49. The van der Waals surface area contributed by atoms with Crippen molar-refractivity contribution in [3.8, 4) is 0 Å². The van der Waals surface area contributed by atoms with Crippen molar-refractivity contribution in [2.75, 3.05) is 6.61 Å². The molecule has 0 aliphatic carbocycles. The smallest absolute Gasteiger partial charge is 0.137 e. The summed E-state index contributed by atoms with van der Waals surface area (Å²) in [7, 11) is 0. The van der Waals surface area contributed by atoms with E-state index >= 15 is 0 Å². The lowest BCUT2D eigenvalue weighted by molar-refractivity contribution is 0.00523. The third-order valence-electron chi connectivity index (χ3n) is 3.55. The highest BCUT2D eigenvalue weighted by Crippen LogP contribution is 2.24. The molecule has 0 spiro atoms. The van der Waals surface area contributed by atoms with E-state index in [1.54, 1.807) is 6.07 Å². The van der Waals surface area contributed by atoms with Crippen molar-refractivity contribution >= 4 is 15.9 Å². The van der Waals surface area contributed by atoms with Gasteiger partial charge in [0, 0.05) is 12.6 Å². The maximum atomic E-state index is 13.5. The Hall–Kier alpha value is -0.490. The van der Waals surface area contributed by atoms with Gasteiger partial charge in [-0.15, -0.1) is 0 Å². The van der Waals surface area contributed by atoms with Gasteiger partial charge in [0.15, 0.2) is 0 Å². The largest absolute Gasteiger partial charge is 0.378 e. The molecule has 5 heteroatoms. The van der Waals surface area contributed by atoms with Crippen LogP contribution in [-0.4, -0.2) is 18.8 Å². The molecule has 0 radical (unpaired) electrons. The Morgan fingerprint density at radius 1 is 1.47 bits per heavy atom. The summed E-state index contributed by atoms with van der Waals surface area (Å²) < 4.78 is 19.7. The van der Waals surface area contributed by atoms with Gasteiger partial charge in [-0.05, 0) is 59.7 Å². The predicted molar refractivity (Wildman–Crippen MR) is 77.1 cm³/mol.